The monoisotopic (exact) mass is 334 g/mol. The van der Waals surface area contributed by atoms with Crippen molar-refractivity contribution in [1.29, 1.82) is 0 Å². The lowest BCUT2D eigenvalue weighted by Crippen LogP contribution is -2.32. The van der Waals surface area contributed by atoms with Crippen molar-refractivity contribution in [2.24, 2.45) is 5.41 Å². The molecule has 0 aliphatic carbocycles. The molecule has 0 saturated carbocycles. The standard InChI is InChI=1S/C14H19ClO5S/c1-9-6-11(7-10(2)12(9)21(15,17)18)20-8-14(3,4)13(16)19-5/h6-7H,8H2,1-5H3. The van der Waals surface area contributed by atoms with Crippen molar-refractivity contribution in [3.63, 3.8) is 0 Å². The van der Waals surface area contributed by atoms with Gasteiger partial charge in [-0.3, -0.25) is 4.79 Å². The third kappa shape index (κ3) is 4.35. The third-order valence-corrected chi connectivity index (χ3v) is 4.61. The Bertz CT molecular complexity index is 626. The first-order valence-corrected chi connectivity index (χ1v) is 8.57. The predicted molar refractivity (Wildman–Crippen MR) is 80.2 cm³/mol. The maximum absolute atomic E-state index is 11.6. The van der Waals surface area contributed by atoms with Crippen LogP contribution in [0.4, 0.5) is 0 Å². The molecule has 0 amide bonds. The van der Waals surface area contributed by atoms with Crippen molar-refractivity contribution in [3.8, 4) is 5.75 Å². The molecule has 7 heteroatoms. The van der Waals surface area contributed by atoms with Gasteiger partial charge in [0.15, 0.2) is 0 Å². The fourth-order valence-corrected chi connectivity index (χ4v) is 3.59. The molecule has 1 aromatic rings. The fourth-order valence-electron chi connectivity index (χ4n) is 1.98. The van der Waals surface area contributed by atoms with E-state index in [0.29, 0.717) is 16.9 Å². The number of carbonyl (C=O) groups excluding carboxylic acids is 1. The van der Waals surface area contributed by atoms with E-state index in [1.165, 1.54) is 7.11 Å². The summed E-state index contributed by atoms with van der Waals surface area (Å²) in [5.41, 5.74) is 0.195. The molecule has 0 saturated heterocycles. The minimum absolute atomic E-state index is 0.0868. The van der Waals surface area contributed by atoms with Crippen LogP contribution in [-0.4, -0.2) is 28.1 Å². The van der Waals surface area contributed by atoms with E-state index in [1.54, 1.807) is 39.8 Å². The average Bonchev–Trinajstić information content (AvgIpc) is 2.32. The summed E-state index contributed by atoms with van der Waals surface area (Å²) >= 11 is 0. The van der Waals surface area contributed by atoms with Crippen molar-refractivity contribution < 1.29 is 22.7 Å². The molecule has 0 N–H and O–H groups in total. The lowest BCUT2D eigenvalue weighted by atomic mass is 9.95. The first kappa shape index (κ1) is 17.8. The third-order valence-electron chi connectivity index (χ3n) is 3.02. The molecule has 0 aliphatic rings. The summed E-state index contributed by atoms with van der Waals surface area (Å²) in [4.78, 5) is 11.7. The Hall–Kier alpha value is -1.27. The summed E-state index contributed by atoms with van der Waals surface area (Å²) in [6, 6.07) is 3.16. The van der Waals surface area contributed by atoms with Crippen LogP contribution in [0.15, 0.2) is 17.0 Å². The topological polar surface area (TPSA) is 69.7 Å². The first-order valence-electron chi connectivity index (χ1n) is 6.26. The van der Waals surface area contributed by atoms with Crippen LogP contribution in [0.2, 0.25) is 0 Å². The Balaban J connectivity index is 3.01. The molecule has 0 aromatic heterocycles. The number of rotatable bonds is 5. The molecule has 0 atom stereocenters. The molecule has 0 heterocycles. The van der Waals surface area contributed by atoms with Crippen LogP contribution in [0, 0.1) is 19.3 Å². The van der Waals surface area contributed by atoms with Gasteiger partial charge in [0, 0.05) is 10.7 Å². The lowest BCUT2D eigenvalue weighted by Gasteiger charge is -2.22. The highest BCUT2D eigenvalue weighted by molar-refractivity contribution is 8.13. The summed E-state index contributed by atoms with van der Waals surface area (Å²) in [5.74, 6) is 0.0990. The second kappa shape index (κ2) is 6.23. The summed E-state index contributed by atoms with van der Waals surface area (Å²) in [6.45, 7) is 6.80. The van der Waals surface area contributed by atoms with Crippen molar-refractivity contribution in [2.45, 2.75) is 32.6 Å². The van der Waals surface area contributed by atoms with Gasteiger partial charge in [0.1, 0.15) is 12.4 Å². The molecule has 1 rings (SSSR count). The van der Waals surface area contributed by atoms with Gasteiger partial charge >= 0.3 is 5.97 Å². The highest BCUT2D eigenvalue weighted by atomic mass is 35.7. The van der Waals surface area contributed by atoms with Crippen LogP contribution in [0.3, 0.4) is 0 Å². The van der Waals surface area contributed by atoms with Gasteiger partial charge in [0.2, 0.25) is 0 Å². The molecular formula is C14H19ClO5S. The smallest absolute Gasteiger partial charge is 0.314 e. The number of aryl methyl sites for hydroxylation is 2. The van der Waals surface area contributed by atoms with Crippen molar-refractivity contribution in [2.75, 3.05) is 13.7 Å². The van der Waals surface area contributed by atoms with E-state index in [4.69, 9.17) is 20.2 Å². The number of hydrogen-bond donors (Lipinski definition) is 0. The molecule has 118 valence electrons. The zero-order chi connectivity index (χ0) is 16.4. The van der Waals surface area contributed by atoms with Crippen molar-refractivity contribution >= 4 is 25.7 Å². The number of carbonyl (C=O) groups is 1. The average molecular weight is 335 g/mol. The van der Waals surface area contributed by atoms with Gasteiger partial charge in [-0.15, -0.1) is 0 Å². The van der Waals surface area contributed by atoms with Gasteiger partial charge in [-0.2, -0.15) is 0 Å². The molecular weight excluding hydrogens is 316 g/mol. The number of hydrogen-bond acceptors (Lipinski definition) is 5. The molecule has 0 spiro atoms. The Morgan fingerprint density at radius 3 is 2.10 bits per heavy atom. The van der Waals surface area contributed by atoms with Gasteiger partial charge in [-0.05, 0) is 51.0 Å². The zero-order valence-electron chi connectivity index (χ0n) is 12.7. The van der Waals surface area contributed by atoms with Crippen LogP contribution in [0.1, 0.15) is 25.0 Å². The molecule has 0 bridgehead atoms. The van der Waals surface area contributed by atoms with Gasteiger partial charge in [0.05, 0.1) is 17.4 Å². The van der Waals surface area contributed by atoms with E-state index in [1.807, 2.05) is 0 Å². The fraction of sp³-hybridized carbons (Fsp3) is 0.500. The van der Waals surface area contributed by atoms with Crippen molar-refractivity contribution in [3.05, 3.63) is 23.3 Å². The van der Waals surface area contributed by atoms with Crippen LogP contribution in [-0.2, 0) is 18.6 Å². The molecule has 0 aliphatic heterocycles. The second-order valence-corrected chi connectivity index (χ2v) is 7.99. The summed E-state index contributed by atoms with van der Waals surface area (Å²) in [5, 5.41) is 0. The van der Waals surface area contributed by atoms with E-state index in [9.17, 15) is 13.2 Å². The van der Waals surface area contributed by atoms with E-state index in [-0.39, 0.29) is 17.5 Å². The van der Waals surface area contributed by atoms with E-state index in [0.717, 1.165) is 0 Å². The highest BCUT2D eigenvalue weighted by Gasteiger charge is 2.30. The zero-order valence-corrected chi connectivity index (χ0v) is 14.3. The van der Waals surface area contributed by atoms with Crippen LogP contribution >= 0.6 is 10.7 Å². The Labute approximate surface area is 129 Å². The summed E-state index contributed by atoms with van der Waals surface area (Å²) in [7, 11) is 2.92. The maximum Gasteiger partial charge on any atom is 0.314 e. The van der Waals surface area contributed by atoms with E-state index >= 15 is 0 Å². The molecule has 0 fully saturated rings. The van der Waals surface area contributed by atoms with Crippen molar-refractivity contribution in [1.82, 2.24) is 0 Å². The van der Waals surface area contributed by atoms with Crippen LogP contribution < -0.4 is 4.74 Å². The molecule has 1 aromatic carbocycles. The van der Waals surface area contributed by atoms with Crippen LogP contribution in [0.5, 0.6) is 5.75 Å². The summed E-state index contributed by atoms with van der Waals surface area (Å²) in [6.07, 6.45) is 0. The SMILES string of the molecule is COC(=O)C(C)(C)COc1cc(C)c(S(=O)(=O)Cl)c(C)c1. The van der Waals surface area contributed by atoms with E-state index in [2.05, 4.69) is 0 Å². The molecule has 0 unspecified atom stereocenters. The van der Waals surface area contributed by atoms with E-state index < -0.39 is 14.5 Å². The molecule has 5 nitrogen and oxygen atoms in total. The predicted octanol–water partition coefficient (Wildman–Crippen LogP) is 2.81. The number of ether oxygens (including phenoxy) is 2. The number of esters is 1. The lowest BCUT2D eigenvalue weighted by molar-refractivity contribution is -0.152. The van der Waals surface area contributed by atoms with Gasteiger partial charge < -0.3 is 9.47 Å². The minimum Gasteiger partial charge on any atom is -0.492 e. The summed E-state index contributed by atoms with van der Waals surface area (Å²) < 4.78 is 33.3. The maximum atomic E-state index is 11.6. The molecule has 0 radical (unpaired) electrons. The molecule has 21 heavy (non-hydrogen) atoms. The van der Waals surface area contributed by atoms with Crippen LogP contribution in [0.25, 0.3) is 0 Å². The van der Waals surface area contributed by atoms with Gasteiger partial charge in [-0.1, -0.05) is 0 Å². The number of benzene rings is 1. The van der Waals surface area contributed by atoms with Gasteiger partial charge in [-0.25, -0.2) is 8.42 Å². The number of methoxy groups -OCH3 is 1. The Morgan fingerprint density at radius 2 is 1.71 bits per heavy atom. The normalized spacial score (nSPS) is 12.1. The first-order chi connectivity index (χ1) is 9.49. The quantitative estimate of drug-likeness (QED) is 0.611. The Kier molecular flexibility index (Phi) is 5.28. The van der Waals surface area contributed by atoms with Gasteiger partial charge in [0.25, 0.3) is 9.05 Å². The second-order valence-electron chi connectivity index (χ2n) is 5.49. The Morgan fingerprint density at radius 1 is 1.24 bits per heavy atom. The highest BCUT2D eigenvalue weighted by Crippen LogP contribution is 2.29. The number of halogens is 1. The largest absolute Gasteiger partial charge is 0.492 e. The minimum atomic E-state index is -3.80.